The second kappa shape index (κ2) is 9.26. The van der Waals surface area contributed by atoms with Crippen LogP contribution in [0.5, 0.6) is 5.75 Å². The van der Waals surface area contributed by atoms with Crippen LogP contribution in [0.2, 0.25) is 0 Å². The summed E-state index contributed by atoms with van der Waals surface area (Å²) in [7, 11) is 1.64. The van der Waals surface area contributed by atoms with Crippen molar-refractivity contribution in [1.82, 2.24) is 10.2 Å². The molecule has 2 aromatic rings. The summed E-state index contributed by atoms with van der Waals surface area (Å²) in [6, 6.07) is 17.7. The molecule has 1 heterocycles. The molecule has 0 unspecified atom stereocenters. The average molecular weight is 381 g/mol. The number of benzene rings is 2. The zero-order chi connectivity index (χ0) is 19.9. The minimum atomic E-state index is -0.168. The van der Waals surface area contributed by atoms with Crippen molar-refractivity contribution in [3.63, 3.8) is 0 Å². The van der Waals surface area contributed by atoms with Crippen LogP contribution in [0.1, 0.15) is 31.4 Å². The summed E-state index contributed by atoms with van der Waals surface area (Å²) in [4.78, 5) is 20.1. The highest BCUT2D eigenvalue weighted by atomic mass is 16.6. The van der Waals surface area contributed by atoms with E-state index in [1.165, 1.54) is 0 Å². The zero-order valence-electron chi connectivity index (χ0n) is 16.6. The predicted octanol–water partition coefficient (Wildman–Crippen LogP) is 3.81. The lowest BCUT2D eigenvalue weighted by atomic mass is 10.0. The third kappa shape index (κ3) is 5.25. The highest BCUT2D eigenvalue weighted by molar-refractivity contribution is 6.01. The number of hydrogen-bond acceptors (Lipinski definition) is 4. The van der Waals surface area contributed by atoms with Crippen LogP contribution < -0.4 is 10.1 Å². The summed E-state index contributed by atoms with van der Waals surface area (Å²) >= 11 is 0. The highest BCUT2D eigenvalue weighted by Gasteiger charge is 2.27. The Balaban J connectivity index is 1.68. The molecule has 2 aromatic carbocycles. The molecular formula is C22H27N3O3. The van der Waals surface area contributed by atoms with Gasteiger partial charge < -0.3 is 19.8 Å². The van der Waals surface area contributed by atoms with E-state index in [-0.39, 0.29) is 18.2 Å². The van der Waals surface area contributed by atoms with E-state index in [0.717, 1.165) is 22.6 Å². The van der Waals surface area contributed by atoms with E-state index in [4.69, 9.17) is 9.57 Å². The molecule has 1 atom stereocenters. The van der Waals surface area contributed by atoms with Gasteiger partial charge in [-0.15, -0.1) is 0 Å². The Morgan fingerprint density at radius 1 is 1.25 bits per heavy atom. The van der Waals surface area contributed by atoms with Crippen LogP contribution in [-0.4, -0.2) is 42.4 Å². The van der Waals surface area contributed by atoms with Crippen LogP contribution in [0, 0.1) is 0 Å². The van der Waals surface area contributed by atoms with Gasteiger partial charge in [0, 0.05) is 19.0 Å². The summed E-state index contributed by atoms with van der Waals surface area (Å²) in [5, 5.41) is 7.20. The maximum Gasteiger partial charge on any atom is 0.318 e. The van der Waals surface area contributed by atoms with Gasteiger partial charge in [0.2, 0.25) is 0 Å². The van der Waals surface area contributed by atoms with E-state index in [1.54, 1.807) is 12.0 Å². The van der Waals surface area contributed by atoms with Crippen LogP contribution in [0.4, 0.5) is 4.79 Å². The molecule has 0 radical (unpaired) electrons. The van der Waals surface area contributed by atoms with Gasteiger partial charge in [0.25, 0.3) is 0 Å². The maximum absolute atomic E-state index is 12.7. The van der Waals surface area contributed by atoms with Gasteiger partial charge in [-0.2, -0.15) is 0 Å². The molecule has 0 fully saturated rings. The molecule has 1 N–H and O–H groups in total. The van der Waals surface area contributed by atoms with Gasteiger partial charge in [-0.1, -0.05) is 47.6 Å². The highest BCUT2D eigenvalue weighted by Crippen LogP contribution is 2.20. The lowest BCUT2D eigenvalue weighted by Gasteiger charge is -2.26. The van der Waals surface area contributed by atoms with Crippen LogP contribution in [0.15, 0.2) is 59.8 Å². The molecule has 1 aliphatic rings. The third-order valence-electron chi connectivity index (χ3n) is 4.47. The first-order chi connectivity index (χ1) is 13.5. The molecule has 0 aromatic heterocycles. The van der Waals surface area contributed by atoms with Crippen molar-refractivity contribution in [2.24, 2.45) is 5.16 Å². The second-order valence-electron chi connectivity index (χ2n) is 7.17. The van der Waals surface area contributed by atoms with E-state index in [0.29, 0.717) is 19.5 Å². The number of ether oxygens (including phenoxy) is 1. The summed E-state index contributed by atoms with van der Waals surface area (Å²) < 4.78 is 5.30. The number of carbonyl (C=O) groups excluding carboxylic acids is 1. The normalized spacial score (nSPS) is 15.7. The van der Waals surface area contributed by atoms with Gasteiger partial charge in [0.1, 0.15) is 5.75 Å². The Kier molecular flexibility index (Phi) is 6.53. The van der Waals surface area contributed by atoms with E-state index in [9.17, 15) is 4.79 Å². The quantitative estimate of drug-likeness (QED) is 0.793. The molecule has 148 valence electrons. The van der Waals surface area contributed by atoms with Crippen LogP contribution in [0.25, 0.3) is 0 Å². The lowest BCUT2D eigenvalue weighted by molar-refractivity contribution is 0.0586. The first-order valence-corrected chi connectivity index (χ1v) is 9.51. The third-order valence-corrected chi connectivity index (χ3v) is 4.47. The maximum atomic E-state index is 12.7. The minimum Gasteiger partial charge on any atom is -0.497 e. The van der Waals surface area contributed by atoms with E-state index in [1.807, 2.05) is 68.4 Å². The molecule has 0 spiro atoms. The standard InChI is InChI=1S/C22H27N3O3/c1-16(2)23-22(26)25(14-17-8-7-11-19(12-17)27-3)15-20-13-21(24-28-20)18-9-5-4-6-10-18/h4-12,16,20H,13-15H2,1-3H3,(H,23,26)/t20-/m1/s1. The molecule has 0 saturated carbocycles. The van der Waals surface area contributed by atoms with Crippen molar-refractivity contribution in [2.45, 2.75) is 39.0 Å². The van der Waals surface area contributed by atoms with Crippen molar-refractivity contribution in [2.75, 3.05) is 13.7 Å². The largest absolute Gasteiger partial charge is 0.497 e. The van der Waals surface area contributed by atoms with Gasteiger partial charge in [0.15, 0.2) is 6.10 Å². The second-order valence-corrected chi connectivity index (χ2v) is 7.17. The number of hydrogen-bond donors (Lipinski definition) is 1. The molecule has 0 bridgehead atoms. The van der Waals surface area contributed by atoms with Crippen LogP contribution in [-0.2, 0) is 11.4 Å². The molecule has 6 heteroatoms. The molecule has 6 nitrogen and oxygen atoms in total. The smallest absolute Gasteiger partial charge is 0.318 e. The van der Waals surface area contributed by atoms with Crippen molar-refractivity contribution >= 4 is 11.7 Å². The first kappa shape index (κ1) is 19.7. The van der Waals surface area contributed by atoms with Crippen LogP contribution in [0.3, 0.4) is 0 Å². The number of oxime groups is 1. The number of methoxy groups -OCH3 is 1. The molecule has 28 heavy (non-hydrogen) atoms. The molecule has 2 amide bonds. The summed E-state index contributed by atoms with van der Waals surface area (Å²) in [6.45, 7) is 4.82. The molecular weight excluding hydrogens is 354 g/mol. The Labute approximate surface area is 166 Å². The predicted molar refractivity (Wildman–Crippen MR) is 110 cm³/mol. The summed E-state index contributed by atoms with van der Waals surface area (Å²) in [5.41, 5.74) is 2.97. The Bertz CT molecular complexity index is 821. The number of nitrogens with zero attached hydrogens (tertiary/aromatic N) is 2. The Hall–Kier alpha value is -3.02. The number of nitrogens with one attached hydrogen (secondary N) is 1. The van der Waals surface area contributed by atoms with Gasteiger partial charge >= 0.3 is 6.03 Å². The Morgan fingerprint density at radius 3 is 2.75 bits per heavy atom. The van der Waals surface area contributed by atoms with Gasteiger partial charge in [0.05, 0.1) is 19.4 Å². The Morgan fingerprint density at radius 2 is 2.04 bits per heavy atom. The minimum absolute atomic E-state index is 0.0564. The van der Waals surface area contributed by atoms with Gasteiger partial charge in [-0.05, 0) is 37.1 Å². The first-order valence-electron chi connectivity index (χ1n) is 9.51. The topological polar surface area (TPSA) is 63.2 Å². The summed E-state index contributed by atoms with van der Waals surface area (Å²) in [6.07, 6.45) is 0.506. The molecule has 0 aliphatic carbocycles. The SMILES string of the molecule is COc1cccc(CN(C[C@H]2CC(c3ccccc3)=NO2)C(=O)NC(C)C)c1. The molecule has 3 rings (SSSR count). The van der Waals surface area contributed by atoms with Crippen LogP contribution >= 0.6 is 0 Å². The molecule has 1 aliphatic heterocycles. The van der Waals surface area contributed by atoms with E-state index < -0.39 is 0 Å². The van der Waals surface area contributed by atoms with Gasteiger partial charge in [-0.3, -0.25) is 0 Å². The lowest BCUT2D eigenvalue weighted by Crippen LogP contribution is -2.45. The van der Waals surface area contributed by atoms with E-state index in [2.05, 4.69) is 10.5 Å². The monoisotopic (exact) mass is 381 g/mol. The number of urea groups is 1. The van der Waals surface area contributed by atoms with Crippen molar-refractivity contribution in [3.8, 4) is 5.75 Å². The number of rotatable bonds is 7. The average Bonchev–Trinajstić information content (AvgIpc) is 3.16. The van der Waals surface area contributed by atoms with E-state index >= 15 is 0 Å². The summed E-state index contributed by atoms with van der Waals surface area (Å²) in [5.74, 6) is 0.772. The van der Waals surface area contributed by atoms with Crippen molar-refractivity contribution in [3.05, 3.63) is 65.7 Å². The van der Waals surface area contributed by atoms with Crippen molar-refractivity contribution < 1.29 is 14.4 Å². The van der Waals surface area contributed by atoms with Gasteiger partial charge in [-0.25, -0.2) is 4.79 Å². The van der Waals surface area contributed by atoms with Crippen molar-refractivity contribution in [1.29, 1.82) is 0 Å². The number of carbonyl (C=O) groups is 1. The number of amides is 2. The fourth-order valence-corrected chi connectivity index (χ4v) is 3.12. The fourth-order valence-electron chi connectivity index (χ4n) is 3.12. The molecule has 0 saturated heterocycles. The zero-order valence-corrected chi connectivity index (χ0v) is 16.6. The fraction of sp³-hybridized carbons (Fsp3) is 0.364.